The van der Waals surface area contributed by atoms with E-state index >= 15 is 0 Å². The normalized spacial score (nSPS) is 12.6. The summed E-state index contributed by atoms with van der Waals surface area (Å²) in [6.45, 7) is 6.60. The van der Waals surface area contributed by atoms with Gasteiger partial charge in [-0.15, -0.1) is 0 Å². The van der Waals surface area contributed by atoms with Crippen LogP contribution >= 0.6 is 0 Å². The van der Waals surface area contributed by atoms with Gasteiger partial charge in [-0.25, -0.2) is 5.48 Å². The molecule has 0 aromatic heterocycles. The highest BCUT2D eigenvalue weighted by atomic mass is 16.7. The molecule has 0 aromatic rings. The minimum atomic E-state index is 0.376. The van der Waals surface area contributed by atoms with E-state index in [2.05, 4.69) is 86.9 Å². The van der Waals surface area contributed by atoms with Gasteiger partial charge in [0.2, 0.25) is 0 Å². The minimum Gasteiger partial charge on any atom is -0.309 e. The van der Waals surface area contributed by atoms with Gasteiger partial charge in [0.25, 0.3) is 0 Å². The highest BCUT2D eigenvalue weighted by molar-refractivity contribution is 4.93. The van der Waals surface area contributed by atoms with E-state index in [0.29, 0.717) is 6.10 Å². The number of rotatable bonds is 36. The average Bonchev–Trinajstić information content (AvgIpc) is 3.03. The van der Waals surface area contributed by atoms with Crippen molar-refractivity contribution in [2.45, 2.75) is 193 Å². The first-order chi connectivity index (χ1) is 22.2. The lowest BCUT2D eigenvalue weighted by Gasteiger charge is -2.18. The van der Waals surface area contributed by atoms with Crippen molar-refractivity contribution in [2.24, 2.45) is 0 Å². The zero-order valence-electron chi connectivity index (χ0n) is 31.1. The Morgan fingerprint density at radius 3 is 1.24 bits per heavy atom. The van der Waals surface area contributed by atoms with Crippen LogP contribution in [0.15, 0.2) is 48.6 Å². The Balaban J connectivity index is 3.88. The molecule has 0 radical (unpaired) electrons. The maximum absolute atomic E-state index is 6.18. The van der Waals surface area contributed by atoms with Gasteiger partial charge in [-0.05, 0) is 104 Å². The van der Waals surface area contributed by atoms with Crippen LogP contribution in [0, 0.1) is 0 Å². The number of unbranched alkanes of at least 4 members (excludes halogenated alkanes) is 18. The summed E-state index contributed by atoms with van der Waals surface area (Å²) in [5.41, 5.74) is 3.30. The SMILES string of the molecule is CCCCC/C=C\C/C=C\CCCCCCCCC(CCCCCCCC/C=C\C/C=C\CCCCC)ONCCCN(C)C. The summed E-state index contributed by atoms with van der Waals surface area (Å²) in [6, 6.07) is 0. The molecule has 0 aromatic carbocycles. The molecule has 1 N–H and O–H groups in total. The van der Waals surface area contributed by atoms with Crippen molar-refractivity contribution in [3.63, 3.8) is 0 Å². The molecule has 0 atom stereocenters. The topological polar surface area (TPSA) is 24.5 Å². The van der Waals surface area contributed by atoms with E-state index in [4.69, 9.17) is 4.84 Å². The van der Waals surface area contributed by atoms with Gasteiger partial charge in [0, 0.05) is 6.54 Å². The number of allylic oxidation sites excluding steroid dienone is 8. The van der Waals surface area contributed by atoms with E-state index in [1.807, 2.05) is 0 Å². The fourth-order valence-corrected chi connectivity index (χ4v) is 5.63. The number of hydrogen-bond donors (Lipinski definition) is 1. The summed E-state index contributed by atoms with van der Waals surface area (Å²) in [4.78, 5) is 8.42. The second-order valence-corrected chi connectivity index (χ2v) is 13.5. The Morgan fingerprint density at radius 1 is 0.467 bits per heavy atom. The Labute approximate surface area is 283 Å². The van der Waals surface area contributed by atoms with E-state index < -0.39 is 0 Å². The van der Waals surface area contributed by atoms with E-state index in [9.17, 15) is 0 Å². The fraction of sp³-hybridized carbons (Fsp3) is 0.810. The van der Waals surface area contributed by atoms with E-state index in [1.54, 1.807) is 0 Å². The van der Waals surface area contributed by atoms with E-state index in [1.165, 1.54) is 154 Å². The largest absolute Gasteiger partial charge is 0.309 e. The molecule has 0 saturated carbocycles. The Bertz CT molecular complexity index is 618. The van der Waals surface area contributed by atoms with Crippen LogP contribution in [0.3, 0.4) is 0 Å². The molecule has 3 nitrogen and oxygen atoms in total. The molecule has 0 amide bonds. The van der Waals surface area contributed by atoms with Gasteiger partial charge in [-0.3, -0.25) is 4.84 Å². The second-order valence-electron chi connectivity index (χ2n) is 13.5. The monoisotopic (exact) mass is 629 g/mol. The quantitative estimate of drug-likeness (QED) is 0.0424. The van der Waals surface area contributed by atoms with Crippen molar-refractivity contribution >= 4 is 0 Å². The summed E-state index contributed by atoms with van der Waals surface area (Å²) < 4.78 is 0. The van der Waals surface area contributed by atoms with Gasteiger partial charge in [-0.2, -0.15) is 0 Å². The first-order valence-electron chi connectivity index (χ1n) is 19.8. The Morgan fingerprint density at radius 2 is 0.844 bits per heavy atom. The lowest BCUT2D eigenvalue weighted by molar-refractivity contribution is -0.0356. The molecular formula is C42H80N2O. The number of nitrogens with one attached hydrogen (secondary N) is 1. The van der Waals surface area contributed by atoms with Crippen LogP contribution in [0.25, 0.3) is 0 Å². The van der Waals surface area contributed by atoms with Crippen molar-refractivity contribution in [1.82, 2.24) is 10.4 Å². The van der Waals surface area contributed by atoms with Crippen LogP contribution < -0.4 is 5.48 Å². The number of hydrogen-bond acceptors (Lipinski definition) is 3. The fourth-order valence-electron chi connectivity index (χ4n) is 5.63. The van der Waals surface area contributed by atoms with Crippen LogP contribution in [0.5, 0.6) is 0 Å². The van der Waals surface area contributed by atoms with Gasteiger partial charge < -0.3 is 4.90 Å². The zero-order valence-corrected chi connectivity index (χ0v) is 31.1. The summed E-state index contributed by atoms with van der Waals surface area (Å²) in [7, 11) is 4.28. The summed E-state index contributed by atoms with van der Waals surface area (Å²) in [5, 5.41) is 0. The van der Waals surface area contributed by atoms with Crippen LogP contribution in [0.4, 0.5) is 0 Å². The third kappa shape index (κ3) is 38.9. The highest BCUT2D eigenvalue weighted by Gasteiger charge is 2.09. The van der Waals surface area contributed by atoms with E-state index in [0.717, 1.165) is 32.4 Å². The summed E-state index contributed by atoms with van der Waals surface area (Å²) >= 11 is 0. The van der Waals surface area contributed by atoms with Crippen molar-refractivity contribution < 1.29 is 4.84 Å². The third-order valence-electron chi connectivity index (χ3n) is 8.59. The molecule has 0 bridgehead atoms. The van der Waals surface area contributed by atoms with Crippen molar-refractivity contribution in [2.75, 3.05) is 27.2 Å². The van der Waals surface area contributed by atoms with Crippen LogP contribution in [-0.2, 0) is 4.84 Å². The molecule has 0 aliphatic rings. The highest BCUT2D eigenvalue weighted by Crippen LogP contribution is 2.17. The van der Waals surface area contributed by atoms with Gasteiger partial charge in [-0.1, -0.05) is 152 Å². The molecule has 0 fully saturated rings. The van der Waals surface area contributed by atoms with Crippen LogP contribution in [0.2, 0.25) is 0 Å². The van der Waals surface area contributed by atoms with Crippen molar-refractivity contribution in [1.29, 1.82) is 0 Å². The second kappa shape index (κ2) is 39.0. The molecule has 45 heavy (non-hydrogen) atoms. The molecular weight excluding hydrogens is 548 g/mol. The zero-order chi connectivity index (χ0) is 32.7. The summed E-state index contributed by atoms with van der Waals surface area (Å²) in [5.74, 6) is 0. The number of nitrogens with zero attached hydrogens (tertiary/aromatic N) is 1. The molecule has 0 heterocycles. The third-order valence-corrected chi connectivity index (χ3v) is 8.59. The van der Waals surface area contributed by atoms with Crippen molar-refractivity contribution in [3.8, 4) is 0 Å². The average molecular weight is 629 g/mol. The molecule has 3 heteroatoms. The van der Waals surface area contributed by atoms with Crippen LogP contribution in [0.1, 0.15) is 187 Å². The predicted octanol–water partition coefficient (Wildman–Crippen LogP) is 13.2. The molecule has 0 rings (SSSR count). The maximum atomic E-state index is 6.18. The molecule has 0 spiro atoms. The molecule has 0 aliphatic carbocycles. The Kier molecular flexibility index (Phi) is 38.0. The first-order valence-corrected chi connectivity index (χ1v) is 19.8. The molecule has 264 valence electrons. The van der Waals surface area contributed by atoms with Crippen molar-refractivity contribution in [3.05, 3.63) is 48.6 Å². The first kappa shape index (κ1) is 43.8. The molecule has 0 aliphatic heterocycles. The van der Waals surface area contributed by atoms with Gasteiger partial charge in [0.15, 0.2) is 0 Å². The lowest BCUT2D eigenvalue weighted by Crippen LogP contribution is -2.27. The van der Waals surface area contributed by atoms with Crippen LogP contribution in [-0.4, -0.2) is 38.2 Å². The lowest BCUT2D eigenvalue weighted by atomic mass is 10.0. The predicted molar refractivity (Wildman–Crippen MR) is 204 cm³/mol. The Hall–Kier alpha value is -1.16. The molecule has 0 saturated heterocycles. The maximum Gasteiger partial charge on any atom is 0.0790 e. The van der Waals surface area contributed by atoms with Gasteiger partial charge >= 0.3 is 0 Å². The smallest absolute Gasteiger partial charge is 0.0790 e. The van der Waals surface area contributed by atoms with E-state index in [-0.39, 0.29) is 0 Å². The minimum absolute atomic E-state index is 0.376. The number of hydroxylamine groups is 1. The van der Waals surface area contributed by atoms with Gasteiger partial charge in [0.05, 0.1) is 6.10 Å². The van der Waals surface area contributed by atoms with Gasteiger partial charge in [0.1, 0.15) is 0 Å². The molecule has 0 unspecified atom stereocenters. The summed E-state index contributed by atoms with van der Waals surface area (Å²) in [6.07, 6.45) is 54.2. The standard InChI is InChI=1S/C42H80N2O/c1-5-7-9-11-13-15-17-19-21-23-25-27-29-31-33-35-38-42(45-43-40-37-41-44(3)4)39-36-34-32-30-28-26-24-22-20-18-16-14-12-10-8-6-2/h13-16,19-22,42-43H,5-12,17-18,23-41H2,1-4H3/b15-13-,16-14-,21-19-,22-20-.